The Morgan fingerprint density at radius 2 is 2.09 bits per heavy atom. The molecule has 0 aliphatic carbocycles. The van der Waals surface area contributed by atoms with Gasteiger partial charge in [0.1, 0.15) is 5.75 Å². The lowest BCUT2D eigenvalue weighted by molar-refractivity contribution is 0.415. The SMILES string of the molecule is CCNS(=O)(=O)Nc1ccc(OC)c(N2CCCS2(=O)=O)c1. The summed E-state index contributed by atoms with van der Waals surface area (Å²) in [5.41, 5.74) is 0.593. The van der Waals surface area contributed by atoms with Crippen molar-refractivity contribution in [3.8, 4) is 5.75 Å². The summed E-state index contributed by atoms with van der Waals surface area (Å²) >= 11 is 0. The molecule has 10 heteroatoms. The molecule has 1 fully saturated rings. The van der Waals surface area contributed by atoms with Gasteiger partial charge in [0.25, 0.3) is 10.2 Å². The third-order valence-corrected chi connectivity index (χ3v) is 6.16. The molecule has 1 aromatic rings. The van der Waals surface area contributed by atoms with Gasteiger partial charge in [0, 0.05) is 13.1 Å². The number of hydrogen-bond donors (Lipinski definition) is 2. The van der Waals surface area contributed by atoms with Gasteiger partial charge in [0.2, 0.25) is 10.0 Å². The summed E-state index contributed by atoms with van der Waals surface area (Å²) < 4.78 is 58.6. The maximum Gasteiger partial charge on any atom is 0.299 e. The molecule has 0 unspecified atom stereocenters. The Bertz CT molecular complexity index is 746. The molecule has 0 spiro atoms. The molecule has 1 aliphatic rings. The molecular weight excluding hydrogens is 330 g/mol. The van der Waals surface area contributed by atoms with E-state index in [1.165, 1.54) is 29.6 Å². The summed E-state index contributed by atoms with van der Waals surface area (Å²) in [6.45, 7) is 2.26. The van der Waals surface area contributed by atoms with Crippen LogP contribution in [0.25, 0.3) is 0 Å². The maximum atomic E-state index is 12.0. The molecule has 1 heterocycles. The van der Waals surface area contributed by atoms with Crippen LogP contribution in [0.15, 0.2) is 18.2 Å². The number of rotatable bonds is 6. The second kappa shape index (κ2) is 6.31. The van der Waals surface area contributed by atoms with Crippen molar-refractivity contribution in [1.29, 1.82) is 0 Å². The normalized spacial score (nSPS) is 17.5. The summed E-state index contributed by atoms with van der Waals surface area (Å²) in [4.78, 5) is 0. The molecule has 0 amide bonds. The van der Waals surface area contributed by atoms with Gasteiger partial charge in [0.05, 0.1) is 24.2 Å². The van der Waals surface area contributed by atoms with Gasteiger partial charge in [-0.25, -0.2) is 8.42 Å². The van der Waals surface area contributed by atoms with Crippen LogP contribution in [-0.2, 0) is 20.2 Å². The van der Waals surface area contributed by atoms with Crippen LogP contribution < -0.4 is 18.5 Å². The molecule has 0 saturated carbocycles. The van der Waals surface area contributed by atoms with Crippen molar-refractivity contribution in [3.05, 3.63) is 18.2 Å². The van der Waals surface area contributed by atoms with E-state index in [0.29, 0.717) is 24.4 Å². The molecule has 2 rings (SSSR count). The van der Waals surface area contributed by atoms with Crippen molar-refractivity contribution in [2.45, 2.75) is 13.3 Å². The average Bonchev–Trinajstić information content (AvgIpc) is 2.77. The highest BCUT2D eigenvalue weighted by Gasteiger charge is 2.30. The first-order valence-corrected chi connectivity index (χ1v) is 9.84. The number of methoxy groups -OCH3 is 1. The highest BCUT2D eigenvalue weighted by molar-refractivity contribution is 7.93. The predicted molar refractivity (Wildman–Crippen MR) is 85.0 cm³/mol. The maximum absolute atomic E-state index is 12.0. The van der Waals surface area contributed by atoms with Crippen LogP contribution in [-0.4, -0.2) is 42.8 Å². The molecule has 124 valence electrons. The summed E-state index contributed by atoms with van der Waals surface area (Å²) in [5.74, 6) is 0.445. The lowest BCUT2D eigenvalue weighted by Gasteiger charge is -2.21. The van der Waals surface area contributed by atoms with E-state index in [4.69, 9.17) is 4.74 Å². The Labute approximate surface area is 130 Å². The Hall–Kier alpha value is -1.52. The predicted octanol–water partition coefficient (Wildman–Crippen LogP) is 0.501. The molecule has 0 atom stereocenters. The van der Waals surface area contributed by atoms with Crippen LogP contribution in [0.3, 0.4) is 0 Å². The van der Waals surface area contributed by atoms with Crippen molar-refractivity contribution in [2.75, 3.05) is 35.0 Å². The van der Waals surface area contributed by atoms with E-state index in [2.05, 4.69) is 9.44 Å². The summed E-state index contributed by atoms with van der Waals surface area (Å²) in [6.07, 6.45) is 0.527. The number of benzene rings is 1. The van der Waals surface area contributed by atoms with E-state index in [-0.39, 0.29) is 18.0 Å². The number of sulfonamides is 1. The van der Waals surface area contributed by atoms with Crippen molar-refractivity contribution in [1.82, 2.24) is 4.72 Å². The van der Waals surface area contributed by atoms with E-state index >= 15 is 0 Å². The minimum atomic E-state index is -3.68. The van der Waals surface area contributed by atoms with E-state index in [1.54, 1.807) is 6.92 Å². The molecule has 1 aromatic carbocycles. The van der Waals surface area contributed by atoms with Crippen molar-refractivity contribution in [3.63, 3.8) is 0 Å². The third kappa shape index (κ3) is 3.62. The third-order valence-electron chi connectivity index (χ3n) is 3.13. The molecule has 0 bridgehead atoms. The van der Waals surface area contributed by atoms with Gasteiger partial charge in [-0.1, -0.05) is 6.92 Å². The van der Waals surface area contributed by atoms with Gasteiger partial charge in [0.15, 0.2) is 0 Å². The molecule has 22 heavy (non-hydrogen) atoms. The smallest absolute Gasteiger partial charge is 0.299 e. The summed E-state index contributed by atoms with van der Waals surface area (Å²) in [6, 6.07) is 4.50. The first kappa shape index (κ1) is 16.8. The monoisotopic (exact) mass is 349 g/mol. The van der Waals surface area contributed by atoms with Gasteiger partial charge in [-0.2, -0.15) is 13.1 Å². The van der Waals surface area contributed by atoms with Crippen molar-refractivity contribution >= 4 is 31.6 Å². The Balaban J connectivity index is 2.39. The molecular formula is C12H19N3O5S2. The zero-order chi connectivity index (χ0) is 16.4. The fourth-order valence-electron chi connectivity index (χ4n) is 2.24. The number of nitrogens with one attached hydrogen (secondary N) is 2. The highest BCUT2D eigenvalue weighted by Crippen LogP contribution is 2.35. The lowest BCUT2D eigenvalue weighted by atomic mass is 10.2. The number of anilines is 2. The highest BCUT2D eigenvalue weighted by atomic mass is 32.2. The van der Waals surface area contributed by atoms with E-state index in [1.807, 2.05) is 0 Å². The second-order valence-corrected chi connectivity index (χ2v) is 8.24. The largest absolute Gasteiger partial charge is 0.495 e. The first-order valence-electron chi connectivity index (χ1n) is 6.75. The topological polar surface area (TPSA) is 105 Å². The van der Waals surface area contributed by atoms with Gasteiger partial charge in [-0.05, 0) is 24.6 Å². The molecule has 0 aromatic heterocycles. The average molecular weight is 349 g/mol. The molecule has 0 radical (unpaired) electrons. The van der Waals surface area contributed by atoms with Crippen LogP contribution in [0, 0.1) is 0 Å². The van der Waals surface area contributed by atoms with Crippen molar-refractivity contribution in [2.24, 2.45) is 0 Å². The van der Waals surface area contributed by atoms with Gasteiger partial charge >= 0.3 is 0 Å². The fourth-order valence-corrected chi connectivity index (χ4v) is 4.69. The standard InChI is InChI=1S/C12H19N3O5S2/c1-3-13-22(18,19)14-10-5-6-12(20-2)11(9-10)15-7-4-8-21(15,16)17/h5-6,9,13-14H,3-4,7-8H2,1-2H3. The zero-order valence-electron chi connectivity index (χ0n) is 12.4. The van der Waals surface area contributed by atoms with Crippen LogP contribution in [0.1, 0.15) is 13.3 Å². The minimum Gasteiger partial charge on any atom is -0.495 e. The minimum absolute atomic E-state index is 0.0729. The van der Waals surface area contributed by atoms with Crippen LogP contribution in [0.5, 0.6) is 5.75 Å². The first-order chi connectivity index (χ1) is 10.3. The van der Waals surface area contributed by atoms with E-state index in [0.717, 1.165) is 0 Å². The number of nitrogens with zero attached hydrogens (tertiary/aromatic N) is 1. The van der Waals surface area contributed by atoms with Crippen LogP contribution in [0.4, 0.5) is 11.4 Å². The number of ether oxygens (including phenoxy) is 1. The summed E-state index contributed by atoms with van der Waals surface area (Å²) in [5, 5.41) is 0. The Morgan fingerprint density at radius 3 is 2.64 bits per heavy atom. The molecule has 1 saturated heterocycles. The molecule has 8 nitrogen and oxygen atoms in total. The molecule has 2 N–H and O–H groups in total. The quantitative estimate of drug-likeness (QED) is 0.778. The van der Waals surface area contributed by atoms with Gasteiger partial charge in [-0.3, -0.25) is 9.03 Å². The van der Waals surface area contributed by atoms with Crippen LogP contribution >= 0.6 is 0 Å². The molecule has 1 aliphatic heterocycles. The van der Waals surface area contributed by atoms with Crippen LogP contribution in [0.2, 0.25) is 0 Å². The van der Waals surface area contributed by atoms with Crippen molar-refractivity contribution < 1.29 is 21.6 Å². The van der Waals surface area contributed by atoms with Gasteiger partial charge < -0.3 is 4.74 Å². The van der Waals surface area contributed by atoms with E-state index < -0.39 is 20.2 Å². The number of hydrogen-bond acceptors (Lipinski definition) is 5. The lowest BCUT2D eigenvalue weighted by Crippen LogP contribution is -2.30. The van der Waals surface area contributed by atoms with Gasteiger partial charge in [-0.15, -0.1) is 0 Å². The second-order valence-electron chi connectivity index (χ2n) is 4.73. The Kier molecular flexibility index (Phi) is 4.83. The fraction of sp³-hybridized carbons (Fsp3) is 0.500. The Morgan fingerprint density at radius 1 is 1.36 bits per heavy atom. The summed E-state index contributed by atoms with van der Waals surface area (Å²) in [7, 11) is -5.63. The zero-order valence-corrected chi connectivity index (χ0v) is 14.0. The van der Waals surface area contributed by atoms with E-state index in [9.17, 15) is 16.8 Å².